The summed E-state index contributed by atoms with van der Waals surface area (Å²) in [4.78, 5) is 11.4. The maximum absolute atomic E-state index is 11.4. The number of nitrogens with two attached hydrogens (primary N) is 1. The molecule has 0 spiro atoms. The van der Waals surface area contributed by atoms with E-state index >= 15 is 0 Å². The Bertz CT molecular complexity index is 338. The molecule has 18 heavy (non-hydrogen) atoms. The van der Waals surface area contributed by atoms with Crippen LogP contribution in [0.5, 0.6) is 0 Å². The van der Waals surface area contributed by atoms with Crippen LogP contribution in [0.3, 0.4) is 0 Å². The molecule has 3 nitrogen and oxygen atoms in total. The minimum Gasteiger partial charge on any atom is -0.367 e. The fourth-order valence-electron chi connectivity index (χ4n) is 1.88. The molecular weight excluding hydrogens is 226 g/mol. The highest BCUT2D eigenvalue weighted by atomic mass is 16.5. The summed E-state index contributed by atoms with van der Waals surface area (Å²) in [7, 11) is 0. The van der Waals surface area contributed by atoms with Crippen LogP contribution in [0, 0.1) is 0 Å². The molecule has 0 bridgehead atoms. The normalized spacial score (nSPS) is 12.3. The molecule has 0 fully saturated rings. The summed E-state index contributed by atoms with van der Waals surface area (Å²) in [6.45, 7) is 2.78. The summed E-state index contributed by atoms with van der Waals surface area (Å²) in [5.74, 6) is -0.422. The van der Waals surface area contributed by atoms with E-state index in [0.29, 0.717) is 6.61 Å². The molecule has 0 aliphatic rings. The van der Waals surface area contributed by atoms with Crippen LogP contribution in [-0.2, 0) is 9.53 Å². The summed E-state index contributed by atoms with van der Waals surface area (Å²) in [5.41, 5.74) is 6.20. The summed E-state index contributed by atoms with van der Waals surface area (Å²) in [6, 6.07) is 9.41. The first-order chi connectivity index (χ1) is 8.75. The minimum absolute atomic E-state index is 0.422. The molecule has 1 unspecified atom stereocenters. The second-order valence-electron chi connectivity index (χ2n) is 4.48. The fourth-order valence-corrected chi connectivity index (χ4v) is 1.88. The third kappa shape index (κ3) is 5.32. The average Bonchev–Trinajstić information content (AvgIpc) is 2.38. The Hall–Kier alpha value is -1.35. The molecule has 0 radical (unpaired) electrons. The first kappa shape index (κ1) is 14.7. The van der Waals surface area contributed by atoms with Gasteiger partial charge in [0, 0.05) is 6.61 Å². The van der Waals surface area contributed by atoms with E-state index in [4.69, 9.17) is 10.5 Å². The Morgan fingerprint density at radius 3 is 2.44 bits per heavy atom. The number of rotatable bonds is 9. The van der Waals surface area contributed by atoms with E-state index in [2.05, 4.69) is 6.92 Å². The van der Waals surface area contributed by atoms with E-state index in [1.165, 1.54) is 19.3 Å². The van der Waals surface area contributed by atoms with Crippen molar-refractivity contribution in [3.05, 3.63) is 35.9 Å². The van der Waals surface area contributed by atoms with Gasteiger partial charge in [-0.1, -0.05) is 62.9 Å². The highest BCUT2D eigenvalue weighted by molar-refractivity contribution is 5.80. The smallest absolute Gasteiger partial charge is 0.251 e. The largest absolute Gasteiger partial charge is 0.367 e. The number of carbonyl (C=O) groups excluding carboxylic acids is 1. The highest BCUT2D eigenvalue weighted by Crippen LogP contribution is 2.17. The third-order valence-corrected chi connectivity index (χ3v) is 2.89. The zero-order valence-corrected chi connectivity index (χ0v) is 11.1. The first-order valence-corrected chi connectivity index (χ1v) is 6.71. The van der Waals surface area contributed by atoms with Gasteiger partial charge in [-0.05, 0) is 12.0 Å². The van der Waals surface area contributed by atoms with Crippen LogP contribution in [0.1, 0.15) is 50.7 Å². The monoisotopic (exact) mass is 249 g/mol. The molecule has 0 heterocycles. The van der Waals surface area contributed by atoms with E-state index in [9.17, 15) is 4.79 Å². The van der Waals surface area contributed by atoms with E-state index < -0.39 is 12.0 Å². The van der Waals surface area contributed by atoms with Crippen molar-refractivity contribution in [1.82, 2.24) is 0 Å². The van der Waals surface area contributed by atoms with Crippen LogP contribution >= 0.6 is 0 Å². The molecule has 0 aliphatic heterocycles. The van der Waals surface area contributed by atoms with Gasteiger partial charge in [-0.3, -0.25) is 4.79 Å². The number of carbonyl (C=O) groups is 1. The lowest BCUT2D eigenvalue weighted by Gasteiger charge is -2.14. The lowest BCUT2D eigenvalue weighted by Crippen LogP contribution is -2.24. The van der Waals surface area contributed by atoms with E-state index in [1.54, 1.807) is 0 Å². The Morgan fingerprint density at radius 1 is 1.17 bits per heavy atom. The van der Waals surface area contributed by atoms with Crippen LogP contribution in [-0.4, -0.2) is 12.5 Å². The highest BCUT2D eigenvalue weighted by Gasteiger charge is 2.17. The average molecular weight is 249 g/mol. The molecule has 0 aromatic heterocycles. The molecule has 1 aromatic carbocycles. The molecule has 0 aliphatic carbocycles. The molecular formula is C15H23NO2. The number of primary amides is 1. The van der Waals surface area contributed by atoms with Crippen molar-refractivity contribution in [1.29, 1.82) is 0 Å². The standard InChI is InChI=1S/C15H23NO2/c1-2-3-4-5-9-12-18-14(15(16)17)13-10-7-6-8-11-13/h6-8,10-11,14H,2-5,9,12H2,1H3,(H2,16,17). The molecule has 1 aromatic rings. The topological polar surface area (TPSA) is 52.3 Å². The van der Waals surface area contributed by atoms with Gasteiger partial charge in [0.1, 0.15) is 0 Å². The predicted octanol–water partition coefficient (Wildman–Crippen LogP) is 3.20. The van der Waals surface area contributed by atoms with Crippen molar-refractivity contribution in [2.45, 2.75) is 45.1 Å². The maximum atomic E-state index is 11.4. The van der Waals surface area contributed by atoms with Gasteiger partial charge in [0.2, 0.25) is 0 Å². The lowest BCUT2D eigenvalue weighted by atomic mass is 10.1. The van der Waals surface area contributed by atoms with E-state index in [1.807, 2.05) is 30.3 Å². The molecule has 0 saturated carbocycles. The van der Waals surface area contributed by atoms with Crippen molar-refractivity contribution >= 4 is 5.91 Å². The summed E-state index contributed by atoms with van der Waals surface area (Å²) in [5, 5.41) is 0. The quantitative estimate of drug-likeness (QED) is 0.683. The van der Waals surface area contributed by atoms with Crippen molar-refractivity contribution < 1.29 is 9.53 Å². The van der Waals surface area contributed by atoms with E-state index in [-0.39, 0.29) is 0 Å². The van der Waals surface area contributed by atoms with Gasteiger partial charge in [-0.15, -0.1) is 0 Å². The molecule has 1 atom stereocenters. The lowest BCUT2D eigenvalue weighted by molar-refractivity contribution is -0.130. The fraction of sp³-hybridized carbons (Fsp3) is 0.533. The number of hydrogen-bond donors (Lipinski definition) is 1. The van der Waals surface area contributed by atoms with Gasteiger partial charge in [0.15, 0.2) is 6.10 Å². The summed E-state index contributed by atoms with van der Waals surface area (Å²) < 4.78 is 5.60. The first-order valence-electron chi connectivity index (χ1n) is 6.71. The number of amides is 1. The minimum atomic E-state index is -0.614. The third-order valence-electron chi connectivity index (χ3n) is 2.89. The van der Waals surface area contributed by atoms with Gasteiger partial charge in [0.05, 0.1) is 0 Å². The van der Waals surface area contributed by atoms with Gasteiger partial charge in [-0.25, -0.2) is 0 Å². The van der Waals surface area contributed by atoms with Crippen molar-refractivity contribution in [3.63, 3.8) is 0 Å². The molecule has 1 rings (SSSR count). The van der Waals surface area contributed by atoms with Gasteiger partial charge in [-0.2, -0.15) is 0 Å². The predicted molar refractivity (Wildman–Crippen MR) is 73.1 cm³/mol. The molecule has 3 heteroatoms. The van der Waals surface area contributed by atoms with Gasteiger partial charge >= 0.3 is 0 Å². The second kappa shape index (κ2) is 8.70. The van der Waals surface area contributed by atoms with Gasteiger partial charge in [0.25, 0.3) is 5.91 Å². The Labute approximate surface area is 109 Å². The Kier molecular flexibility index (Phi) is 7.11. The van der Waals surface area contributed by atoms with Crippen LogP contribution < -0.4 is 5.73 Å². The zero-order valence-electron chi connectivity index (χ0n) is 11.1. The SMILES string of the molecule is CCCCCCCOC(C(N)=O)c1ccccc1. The number of benzene rings is 1. The van der Waals surface area contributed by atoms with Crippen LogP contribution in [0.4, 0.5) is 0 Å². The van der Waals surface area contributed by atoms with Crippen LogP contribution in [0.2, 0.25) is 0 Å². The summed E-state index contributed by atoms with van der Waals surface area (Å²) in [6.07, 6.45) is 5.24. The molecule has 100 valence electrons. The number of ether oxygens (including phenoxy) is 1. The summed E-state index contributed by atoms with van der Waals surface area (Å²) >= 11 is 0. The number of hydrogen-bond acceptors (Lipinski definition) is 2. The second-order valence-corrected chi connectivity index (χ2v) is 4.48. The van der Waals surface area contributed by atoms with Crippen molar-refractivity contribution in [3.8, 4) is 0 Å². The van der Waals surface area contributed by atoms with E-state index in [0.717, 1.165) is 18.4 Å². The Balaban J connectivity index is 2.34. The van der Waals surface area contributed by atoms with Gasteiger partial charge < -0.3 is 10.5 Å². The number of unbranched alkanes of at least 4 members (excludes halogenated alkanes) is 4. The Morgan fingerprint density at radius 2 is 1.83 bits per heavy atom. The van der Waals surface area contributed by atoms with Crippen LogP contribution in [0.25, 0.3) is 0 Å². The van der Waals surface area contributed by atoms with Crippen molar-refractivity contribution in [2.24, 2.45) is 5.73 Å². The molecule has 0 saturated heterocycles. The molecule has 1 amide bonds. The zero-order chi connectivity index (χ0) is 13.2. The maximum Gasteiger partial charge on any atom is 0.251 e. The van der Waals surface area contributed by atoms with Crippen molar-refractivity contribution in [2.75, 3.05) is 6.61 Å². The molecule has 2 N–H and O–H groups in total. The van der Waals surface area contributed by atoms with Crippen LogP contribution in [0.15, 0.2) is 30.3 Å².